The molecule has 0 spiro atoms. The lowest BCUT2D eigenvalue weighted by molar-refractivity contribution is 0.0727. The van der Waals surface area contributed by atoms with Gasteiger partial charge in [-0.2, -0.15) is 0 Å². The fourth-order valence-corrected chi connectivity index (χ4v) is 5.08. The van der Waals surface area contributed by atoms with Gasteiger partial charge in [0.05, 0.1) is 24.9 Å². The topological polar surface area (TPSA) is 47.4 Å². The Bertz CT molecular complexity index is 1310. The summed E-state index contributed by atoms with van der Waals surface area (Å²) in [7, 11) is 3.48. The van der Waals surface area contributed by atoms with Crippen LogP contribution in [0.15, 0.2) is 42.5 Å². The molecule has 2 aromatic heterocycles. The molecule has 0 bridgehead atoms. The molecule has 5 nitrogen and oxygen atoms in total. The standard InChI is InChI=1S/C23H19F2N3O2S/c1-27-19-11-17(30-2)4-3-13(19)9-20(27)23(29)28-6-5-18-21(12-28)31-22(26-18)14-7-15(24)10-16(25)8-14/h3-4,7-11H,5-6,12H2,1-2H3. The van der Waals surface area contributed by atoms with Gasteiger partial charge in [0.2, 0.25) is 0 Å². The number of aryl methyl sites for hydroxylation is 1. The molecule has 0 unspecified atom stereocenters. The maximum Gasteiger partial charge on any atom is 0.270 e. The van der Waals surface area contributed by atoms with Crippen LogP contribution in [0.4, 0.5) is 8.78 Å². The minimum Gasteiger partial charge on any atom is -0.497 e. The van der Waals surface area contributed by atoms with E-state index < -0.39 is 11.6 Å². The Balaban J connectivity index is 1.43. The molecule has 0 radical (unpaired) electrons. The third-order valence-electron chi connectivity index (χ3n) is 5.60. The Labute approximate surface area is 181 Å². The van der Waals surface area contributed by atoms with Crippen molar-refractivity contribution in [2.45, 2.75) is 13.0 Å². The van der Waals surface area contributed by atoms with Gasteiger partial charge in [0.25, 0.3) is 5.91 Å². The van der Waals surface area contributed by atoms with Crippen LogP contribution in [-0.4, -0.2) is 34.0 Å². The third-order valence-corrected chi connectivity index (χ3v) is 6.73. The van der Waals surface area contributed by atoms with E-state index in [2.05, 4.69) is 4.98 Å². The third kappa shape index (κ3) is 3.46. The van der Waals surface area contributed by atoms with Crippen LogP contribution < -0.4 is 4.74 Å². The molecule has 0 saturated carbocycles. The summed E-state index contributed by atoms with van der Waals surface area (Å²) in [6.07, 6.45) is 0.604. The molecule has 1 amide bonds. The summed E-state index contributed by atoms with van der Waals surface area (Å²) in [5.41, 5.74) is 2.82. The van der Waals surface area contributed by atoms with Gasteiger partial charge in [-0.05, 0) is 30.3 Å². The Morgan fingerprint density at radius 1 is 1.13 bits per heavy atom. The predicted molar refractivity (Wildman–Crippen MR) is 115 cm³/mol. The van der Waals surface area contributed by atoms with Crippen molar-refractivity contribution < 1.29 is 18.3 Å². The number of hydrogen-bond acceptors (Lipinski definition) is 4. The van der Waals surface area contributed by atoms with Crippen molar-refractivity contribution >= 4 is 28.1 Å². The zero-order valence-electron chi connectivity index (χ0n) is 17.0. The number of benzene rings is 2. The highest BCUT2D eigenvalue weighted by molar-refractivity contribution is 7.15. The summed E-state index contributed by atoms with van der Waals surface area (Å²) >= 11 is 1.37. The number of thiazole rings is 1. The summed E-state index contributed by atoms with van der Waals surface area (Å²) in [4.78, 5) is 20.6. The minimum atomic E-state index is -0.632. The molecule has 2 aromatic carbocycles. The highest BCUT2D eigenvalue weighted by Crippen LogP contribution is 2.33. The number of carbonyl (C=O) groups is 1. The number of carbonyl (C=O) groups excluding carboxylic acids is 1. The summed E-state index contributed by atoms with van der Waals surface area (Å²) in [5.74, 6) is -0.587. The molecule has 3 heterocycles. The molecule has 1 aliphatic rings. The van der Waals surface area contributed by atoms with Crippen molar-refractivity contribution in [3.63, 3.8) is 0 Å². The van der Waals surface area contributed by atoms with Crippen LogP contribution >= 0.6 is 11.3 Å². The van der Waals surface area contributed by atoms with Crippen molar-refractivity contribution in [3.05, 3.63) is 70.4 Å². The lowest BCUT2D eigenvalue weighted by Crippen LogP contribution is -2.36. The van der Waals surface area contributed by atoms with E-state index in [1.165, 1.54) is 23.5 Å². The second-order valence-corrected chi connectivity index (χ2v) is 8.62. The number of aromatic nitrogens is 2. The van der Waals surface area contributed by atoms with Gasteiger partial charge in [0, 0.05) is 48.0 Å². The van der Waals surface area contributed by atoms with Crippen LogP contribution in [0.2, 0.25) is 0 Å². The summed E-state index contributed by atoms with van der Waals surface area (Å²) < 4.78 is 34.4. The van der Waals surface area contributed by atoms with Crippen LogP contribution in [0, 0.1) is 11.6 Å². The van der Waals surface area contributed by atoms with E-state index in [9.17, 15) is 13.6 Å². The van der Waals surface area contributed by atoms with E-state index in [-0.39, 0.29) is 5.91 Å². The lowest BCUT2D eigenvalue weighted by atomic mass is 10.1. The van der Waals surface area contributed by atoms with Crippen molar-refractivity contribution in [2.24, 2.45) is 7.05 Å². The van der Waals surface area contributed by atoms with Crippen molar-refractivity contribution in [3.8, 4) is 16.3 Å². The van der Waals surface area contributed by atoms with Crippen molar-refractivity contribution in [2.75, 3.05) is 13.7 Å². The van der Waals surface area contributed by atoms with Crippen molar-refractivity contribution in [1.82, 2.24) is 14.5 Å². The van der Waals surface area contributed by atoms with Gasteiger partial charge in [-0.3, -0.25) is 4.79 Å². The van der Waals surface area contributed by atoms with E-state index in [4.69, 9.17) is 4.74 Å². The molecular weight excluding hydrogens is 420 g/mol. The fraction of sp³-hybridized carbons (Fsp3) is 0.217. The van der Waals surface area contributed by atoms with E-state index in [1.54, 1.807) is 12.0 Å². The first-order valence-electron chi connectivity index (χ1n) is 9.80. The second-order valence-electron chi connectivity index (χ2n) is 7.54. The second kappa shape index (κ2) is 7.46. The molecule has 31 heavy (non-hydrogen) atoms. The average Bonchev–Trinajstić information content (AvgIpc) is 3.33. The molecule has 0 fully saturated rings. The Hall–Kier alpha value is -3.26. The molecule has 5 rings (SSSR count). The van der Waals surface area contributed by atoms with Crippen LogP contribution in [-0.2, 0) is 20.0 Å². The summed E-state index contributed by atoms with van der Waals surface area (Å²) in [6, 6.07) is 11.0. The molecule has 0 saturated heterocycles. The number of fused-ring (bicyclic) bond motifs is 2. The van der Waals surface area contributed by atoms with E-state index >= 15 is 0 Å². The number of halogens is 2. The van der Waals surface area contributed by atoms with Gasteiger partial charge in [-0.1, -0.05) is 0 Å². The fourth-order valence-electron chi connectivity index (χ4n) is 3.97. The van der Waals surface area contributed by atoms with E-state index in [0.29, 0.717) is 35.8 Å². The van der Waals surface area contributed by atoms with Crippen LogP contribution in [0.1, 0.15) is 21.1 Å². The number of amides is 1. The first-order valence-corrected chi connectivity index (χ1v) is 10.6. The smallest absolute Gasteiger partial charge is 0.270 e. The average molecular weight is 439 g/mol. The first kappa shape index (κ1) is 19.7. The SMILES string of the molecule is COc1ccc2cc(C(=O)N3CCc4nc(-c5cc(F)cc(F)c5)sc4C3)n(C)c2c1. The highest BCUT2D eigenvalue weighted by atomic mass is 32.1. The van der Waals surface area contributed by atoms with Crippen molar-refractivity contribution in [1.29, 1.82) is 0 Å². The molecule has 1 aliphatic heterocycles. The Morgan fingerprint density at radius 2 is 1.90 bits per heavy atom. The molecule has 4 aromatic rings. The molecular formula is C23H19F2N3O2S. The molecule has 0 N–H and O–H groups in total. The number of rotatable bonds is 3. The summed E-state index contributed by atoms with van der Waals surface area (Å²) in [5, 5.41) is 1.53. The monoisotopic (exact) mass is 439 g/mol. The maximum atomic E-state index is 13.6. The Morgan fingerprint density at radius 3 is 2.65 bits per heavy atom. The predicted octanol–water partition coefficient (Wildman–Crippen LogP) is 4.79. The number of methoxy groups -OCH3 is 1. The van der Waals surface area contributed by atoms with Gasteiger partial charge in [-0.25, -0.2) is 13.8 Å². The normalized spacial score (nSPS) is 13.5. The lowest BCUT2D eigenvalue weighted by Gasteiger charge is -2.26. The minimum absolute atomic E-state index is 0.0601. The zero-order chi connectivity index (χ0) is 21.7. The van der Waals surface area contributed by atoms with Crippen LogP contribution in [0.25, 0.3) is 21.5 Å². The summed E-state index contributed by atoms with van der Waals surface area (Å²) in [6.45, 7) is 0.964. The first-order chi connectivity index (χ1) is 14.9. The molecule has 8 heteroatoms. The van der Waals surface area contributed by atoms with Gasteiger partial charge in [-0.15, -0.1) is 11.3 Å². The van der Waals surface area contributed by atoms with E-state index in [0.717, 1.165) is 33.3 Å². The molecule has 0 atom stereocenters. The number of hydrogen-bond donors (Lipinski definition) is 0. The highest BCUT2D eigenvalue weighted by Gasteiger charge is 2.27. The van der Waals surface area contributed by atoms with Crippen LogP contribution in [0.5, 0.6) is 5.75 Å². The Kier molecular flexibility index (Phi) is 4.74. The van der Waals surface area contributed by atoms with Gasteiger partial charge in [0.1, 0.15) is 28.1 Å². The molecule has 0 aliphatic carbocycles. The van der Waals surface area contributed by atoms with Crippen LogP contribution in [0.3, 0.4) is 0 Å². The van der Waals surface area contributed by atoms with Gasteiger partial charge in [0.15, 0.2) is 0 Å². The van der Waals surface area contributed by atoms with Gasteiger partial charge >= 0.3 is 0 Å². The quantitative estimate of drug-likeness (QED) is 0.461. The molecule has 158 valence electrons. The zero-order valence-corrected chi connectivity index (χ0v) is 17.8. The largest absolute Gasteiger partial charge is 0.497 e. The number of nitrogens with zero attached hydrogens (tertiary/aromatic N) is 3. The van der Waals surface area contributed by atoms with E-state index in [1.807, 2.05) is 35.9 Å². The maximum absolute atomic E-state index is 13.6. The van der Waals surface area contributed by atoms with Gasteiger partial charge < -0.3 is 14.2 Å². The number of ether oxygens (including phenoxy) is 1.